The zero-order valence-corrected chi connectivity index (χ0v) is 9.34. The monoisotopic (exact) mass is 211 g/mol. The topological polar surface area (TPSA) is 38.3 Å². The van der Waals surface area contributed by atoms with E-state index in [2.05, 4.69) is 5.32 Å². The third-order valence-electron chi connectivity index (χ3n) is 3.43. The summed E-state index contributed by atoms with van der Waals surface area (Å²) in [5.41, 5.74) is 0. The van der Waals surface area contributed by atoms with Crippen molar-refractivity contribution in [1.82, 2.24) is 5.32 Å². The van der Waals surface area contributed by atoms with Crippen molar-refractivity contribution in [2.75, 3.05) is 6.54 Å². The Morgan fingerprint density at radius 2 is 1.73 bits per heavy atom. The Labute approximate surface area is 91.6 Å². The van der Waals surface area contributed by atoms with Crippen LogP contribution < -0.4 is 5.32 Å². The molecule has 3 nitrogen and oxygen atoms in total. The number of ether oxygens (including phenoxy) is 1. The van der Waals surface area contributed by atoms with E-state index < -0.39 is 0 Å². The van der Waals surface area contributed by atoms with Gasteiger partial charge in [-0.05, 0) is 45.1 Å². The van der Waals surface area contributed by atoms with Gasteiger partial charge in [0.2, 0.25) is 0 Å². The molecule has 1 saturated carbocycles. The van der Waals surface area contributed by atoms with Crippen molar-refractivity contribution < 1.29 is 9.53 Å². The van der Waals surface area contributed by atoms with Crippen LogP contribution in [0.2, 0.25) is 0 Å². The molecule has 1 aliphatic heterocycles. The number of esters is 1. The van der Waals surface area contributed by atoms with E-state index in [9.17, 15) is 4.79 Å². The lowest BCUT2D eigenvalue weighted by Crippen LogP contribution is -2.38. The highest BCUT2D eigenvalue weighted by Gasteiger charge is 2.25. The van der Waals surface area contributed by atoms with Crippen LogP contribution in [0.25, 0.3) is 0 Å². The van der Waals surface area contributed by atoms with Gasteiger partial charge >= 0.3 is 5.97 Å². The normalized spacial score (nSPS) is 28.7. The summed E-state index contributed by atoms with van der Waals surface area (Å²) >= 11 is 0. The van der Waals surface area contributed by atoms with Crippen LogP contribution in [0.3, 0.4) is 0 Å². The molecule has 0 amide bonds. The standard InChI is InChI=1S/C12H21NO2/c14-12(15-10-6-3-4-7-10)11-8-2-1-5-9-13-11/h10-11,13H,1-9H2. The number of nitrogens with one attached hydrogen (secondary N) is 1. The molecule has 2 aliphatic rings. The van der Waals surface area contributed by atoms with Gasteiger partial charge < -0.3 is 10.1 Å². The van der Waals surface area contributed by atoms with E-state index in [1.807, 2.05) is 0 Å². The Balaban J connectivity index is 1.77. The van der Waals surface area contributed by atoms with E-state index in [0.717, 1.165) is 32.2 Å². The fraction of sp³-hybridized carbons (Fsp3) is 0.917. The first kappa shape index (κ1) is 10.9. The molecule has 2 fully saturated rings. The van der Waals surface area contributed by atoms with E-state index in [4.69, 9.17) is 4.74 Å². The lowest BCUT2D eigenvalue weighted by Gasteiger charge is -2.18. The smallest absolute Gasteiger partial charge is 0.323 e. The van der Waals surface area contributed by atoms with Crippen LogP contribution in [0.4, 0.5) is 0 Å². The first-order valence-corrected chi connectivity index (χ1v) is 6.30. The maximum absolute atomic E-state index is 11.8. The third-order valence-corrected chi connectivity index (χ3v) is 3.43. The molecule has 0 radical (unpaired) electrons. The number of hydrogen-bond acceptors (Lipinski definition) is 3. The lowest BCUT2D eigenvalue weighted by atomic mass is 10.1. The van der Waals surface area contributed by atoms with Gasteiger partial charge in [0.15, 0.2) is 0 Å². The SMILES string of the molecule is O=C(OC1CCCC1)C1CCCCCN1. The van der Waals surface area contributed by atoms with E-state index in [-0.39, 0.29) is 18.1 Å². The first-order chi connectivity index (χ1) is 7.36. The summed E-state index contributed by atoms with van der Waals surface area (Å²) in [7, 11) is 0. The van der Waals surface area contributed by atoms with Crippen LogP contribution in [-0.4, -0.2) is 24.7 Å². The summed E-state index contributed by atoms with van der Waals surface area (Å²) in [5, 5.41) is 3.28. The van der Waals surface area contributed by atoms with Gasteiger partial charge in [-0.15, -0.1) is 0 Å². The quantitative estimate of drug-likeness (QED) is 0.710. The van der Waals surface area contributed by atoms with E-state index >= 15 is 0 Å². The minimum absolute atomic E-state index is 0.0104. The zero-order valence-electron chi connectivity index (χ0n) is 9.34. The van der Waals surface area contributed by atoms with Crippen molar-refractivity contribution in [1.29, 1.82) is 0 Å². The van der Waals surface area contributed by atoms with Gasteiger partial charge in [-0.1, -0.05) is 12.8 Å². The molecule has 1 N–H and O–H groups in total. The number of carbonyl (C=O) groups excluding carboxylic acids is 1. The van der Waals surface area contributed by atoms with E-state index in [1.54, 1.807) is 0 Å². The Morgan fingerprint density at radius 3 is 2.53 bits per heavy atom. The molecule has 1 unspecified atom stereocenters. The van der Waals surface area contributed by atoms with Gasteiger partial charge in [0.25, 0.3) is 0 Å². The van der Waals surface area contributed by atoms with Crippen molar-refractivity contribution in [3.8, 4) is 0 Å². The first-order valence-electron chi connectivity index (χ1n) is 6.30. The molecule has 3 heteroatoms. The molecule has 1 atom stereocenters. The second-order valence-corrected chi connectivity index (χ2v) is 4.70. The molecule has 1 aliphatic carbocycles. The molecule has 1 heterocycles. The predicted octanol–water partition coefficient (Wildman–Crippen LogP) is 2.00. The van der Waals surface area contributed by atoms with Gasteiger partial charge in [0, 0.05) is 0 Å². The molecular weight excluding hydrogens is 190 g/mol. The van der Waals surface area contributed by atoms with Gasteiger partial charge in [-0.25, -0.2) is 0 Å². The Morgan fingerprint density at radius 1 is 1.00 bits per heavy atom. The summed E-state index contributed by atoms with van der Waals surface area (Å²) in [5.74, 6) is -0.0104. The fourth-order valence-corrected chi connectivity index (χ4v) is 2.48. The minimum atomic E-state index is -0.0342. The molecule has 0 aromatic heterocycles. The largest absolute Gasteiger partial charge is 0.461 e. The highest BCUT2D eigenvalue weighted by atomic mass is 16.5. The van der Waals surface area contributed by atoms with Crippen LogP contribution >= 0.6 is 0 Å². The summed E-state index contributed by atoms with van der Waals surface area (Å²) < 4.78 is 5.50. The molecule has 86 valence electrons. The molecule has 2 rings (SSSR count). The van der Waals surface area contributed by atoms with Crippen molar-refractivity contribution in [3.05, 3.63) is 0 Å². The van der Waals surface area contributed by atoms with Crippen LogP contribution in [0.5, 0.6) is 0 Å². The van der Waals surface area contributed by atoms with Gasteiger partial charge in [-0.3, -0.25) is 4.79 Å². The van der Waals surface area contributed by atoms with Crippen LogP contribution in [-0.2, 0) is 9.53 Å². The maximum atomic E-state index is 11.8. The minimum Gasteiger partial charge on any atom is -0.461 e. The van der Waals surface area contributed by atoms with Crippen LogP contribution in [0, 0.1) is 0 Å². The molecule has 0 aromatic carbocycles. The average molecular weight is 211 g/mol. The molecule has 15 heavy (non-hydrogen) atoms. The van der Waals surface area contributed by atoms with Gasteiger partial charge in [-0.2, -0.15) is 0 Å². The maximum Gasteiger partial charge on any atom is 0.323 e. The molecule has 0 bridgehead atoms. The van der Waals surface area contributed by atoms with Crippen molar-refractivity contribution in [3.63, 3.8) is 0 Å². The third kappa shape index (κ3) is 3.20. The predicted molar refractivity (Wildman–Crippen MR) is 58.6 cm³/mol. The summed E-state index contributed by atoms with van der Waals surface area (Å²) in [4.78, 5) is 11.8. The Kier molecular flexibility index (Phi) is 4.01. The summed E-state index contributed by atoms with van der Waals surface area (Å²) in [6, 6.07) is -0.0342. The summed E-state index contributed by atoms with van der Waals surface area (Å²) in [6.45, 7) is 0.963. The number of hydrogen-bond donors (Lipinski definition) is 1. The van der Waals surface area contributed by atoms with Gasteiger partial charge in [0.1, 0.15) is 12.1 Å². The highest BCUT2D eigenvalue weighted by Crippen LogP contribution is 2.22. The second kappa shape index (κ2) is 5.50. The van der Waals surface area contributed by atoms with Crippen LogP contribution in [0.1, 0.15) is 51.4 Å². The Bertz CT molecular complexity index is 204. The van der Waals surface area contributed by atoms with Crippen molar-refractivity contribution in [2.45, 2.75) is 63.5 Å². The van der Waals surface area contributed by atoms with Crippen molar-refractivity contribution in [2.24, 2.45) is 0 Å². The Hall–Kier alpha value is -0.570. The molecule has 1 saturated heterocycles. The highest BCUT2D eigenvalue weighted by molar-refractivity contribution is 5.76. The van der Waals surface area contributed by atoms with E-state index in [1.165, 1.54) is 25.7 Å². The zero-order chi connectivity index (χ0) is 10.5. The molecule has 0 aromatic rings. The number of rotatable bonds is 2. The molecular formula is C12H21NO2. The van der Waals surface area contributed by atoms with E-state index in [0.29, 0.717) is 0 Å². The number of carbonyl (C=O) groups is 1. The van der Waals surface area contributed by atoms with Gasteiger partial charge in [0.05, 0.1) is 0 Å². The second-order valence-electron chi connectivity index (χ2n) is 4.70. The van der Waals surface area contributed by atoms with Crippen LogP contribution in [0.15, 0.2) is 0 Å². The van der Waals surface area contributed by atoms with Crippen molar-refractivity contribution >= 4 is 5.97 Å². The fourth-order valence-electron chi connectivity index (χ4n) is 2.48. The summed E-state index contributed by atoms with van der Waals surface area (Å²) in [6.07, 6.45) is 9.31. The lowest BCUT2D eigenvalue weighted by molar-refractivity contribution is -0.151. The average Bonchev–Trinajstić information content (AvgIpc) is 2.58. The molecule has 0 spiro atoms.